The Labute approximate surface area is 201 Å². The van der Waals surface area contributed by atoms with Crippen molar-refractivity contribution in [3.63, 3.8) is 0 Å². The summed E-state index contributed by atoms with van der Waals surface area (Å²) in [5, 5.41) is 4.63. The molecular formula is C22H20F3N4NaO. The van der Waals surface area contributed by atoms with Crippen molar-refractivity contribution in [3.8, 4) is 5.75 Å². The molecule has 3 aliphatic rings. The zero-order chi connectivity index (χ0) is 21.1. The first kappa shape index (κ1) is 22.0. The smallest absolute Gasteiger partial charge is 1.00 e. The van der Waals surface area contributed by atoms with Crippen LogP contribution in [0.1, 0.15) is 44.6 Å². The van der Waals surface area contributed by atoms with E-state index in [0.29, 0.717) is 29.1 Å². The van der Waals surface area contributed by atoms with Crippen molar-refractivity contribution in [2.45, 2.75) is 38.0 Å². The Hall–Kier alpha value is -2.16. The maximum Gasteiger partial charge on any atom is 1.00 e. The second kappa shape index (κ2) is 7.76. The van der Waals surface area contributed by atoms with Crippen molar-refractivity contribution in [2.24, 2.45) is 17.0 Å². The van der Waals surface area contributed by atoms with Crippen LogP contribution in [0.5, 0.6) is 5.75 Å². The summed E-state index contributed by atoms with van der Waals surface area (Å²) in [4.78, 5) is 9.29. The minimum absolute atomic E-state index is 0. The topological polar surface area (TPSA) is 51.8 Å². The van der Waals surface area contributed by atoms with Crippen molar-refractivity contribution in [2.75, 3.05) is 0 Å². The van der Waals surface area contributed by atoms with Crippen LogP contribution in [0.25, 0.3) is 5.57 Å². The Bertz CT molecular complexity index is 1180. The number of hydrogen-bond acceptors (Lipinski definition) is 4. The number of hydrogen-bond donors (Lipinski definition) is 0. The third-order valence-electron chi connectivity index (χ3n) is 5.72. The molecule has 5 rings (SSSR count). The van der Waals surface area contributed by atoms with Gasteiger partial charge in [0.1, 0.15) is 11.4 Å². The summed E-state index contributed by atoms with van der Waals surface area (Å²) < 4.78 is 44.3. The third kappa shape index (κ3) is 4.29. The van der Waals surface area contributed by atoms with Crippen LogP contribution in [0.3, 0.4) is 0 Å². The molecule has 1 saturated carbocycles. The Balaban J connectivity index is 0.00000144. The van der Waals surface area contributed by atoms with Gasteiger partial charge in [-0.05, 0) is 36.6 Å². The number of aromatic nitrogens is 2. The van der Waals surface area contributed by atoms with Crippen LogP contribution in [0, 0.1) is 0 Å². The molecule has 0 bridgehead atoms. The van der Waals surface area contributed by atoms with Gasteiger partial charge >= 0.3 is 35.9 Å². The van der Waals surface area contributed by atoms with Crippen LogP contribution in [0.15, 0.2) is 58.2 Å². The summed E-state index contributed by atoms with van der Waals surface area (Å²) in [6.45, 7) is 2.19. The summed E-state index contributed by atoms with van der Waals surface area (Å²) in [7, 11) is 1.87. The van der Waals surface area contributed by atoms with Crippen molar-refractivity contribution < 1.29 is 48.9 Å². The van der Waals surface area contributed by atoms with Crippen molar-refractivity contribution in [1.82, 2.24) is 9.78 Å². The average molecular weight is 436 g/mol. The first-order valence-corrected chi connectivity index (χ1v) is 9.70. The largest absolute Gasteiger partial charge is 1.00 e. The van der Waals surface area contributed by atoms with E-state index in [1.165, 1.54) is 12.1 Å². The van der Waals surface area contributed by atoms with E-state index in [2.05, 4.69) is 26.7 Å². The van der Waals surface area contributed by atoms with E-state index < -0.39 is 6.36 Å². The first-order chi connectivity index (χ1) is 14.2. The molecule has 0 atom stereocenters. The molecule has 0 radical (unpaired) electrons. The van der Waals surface area contributed by atoms with E-state index in [9.17, 15) is 13.2 Å². The number of halogens is 3. The second-order valence-corrected chi connectivity index (χ2v) is 8.03. The van der Waals surface area contributed by atoms with Gasteiger partial charge in [-0.1, -0.05) is 31.2 Å². The molecule has 0 saturated heterocycles. The van der Waals surface area contributed by atoms with Crippen molar-refractivity contribution in [3.05, 3.63) is 65.1 Å². The number of allylic oxidation sites excluding steroid dienone is 4. The zero-order valence-corrected chi connectivity index (χ0v) is 19.5. The molecule has 9 heteroatoms. The molecule has 156 valence electrons. The molecule has 2 aromatic rings. The fraction of sp³-hybridized carbons (Fsp3) is 0.318. The number of amidine groups is 1. The van der Waals surface area contributed by atoms with Gasteiger partial charge in [-0.25, -0.2) is 9.98 Å². The second-order valence-electron chi connectivity index (χ2n) is 8.03. The molecule has 1 aromatic heterocycles. The summed E-state index contributed by atoms with van der Waals surface area (Å²) in [5.74, 6) is 0.348. The van der Waals surface area contributed by atoms with Crippen LogP contribution in [-0.4, -0.2) is 27.7 Å². The van der Waals surface area contributed by atoms with Crippen LogP contribution in [0.2, 0.25) is 0 Å². The number of nitrogens with zero attached hydrogens (tertiary/aromatic N) is 4. The number of ether oxygens (including phenoxy) is 1. The third-order valence-corrected chi connectivity index (χ3v) is 5.72. The van der Waals surface area contributed by atoms with Crippen LogP contribution in [0.4, 0.5) is 13.2 Å². The molecule has 0 amide bonds. The number of rotatable bonds is 4. The summed E-state index contributed by atoms with van der Waals surface area (Å²) in [6, 6.07) is 8.15. The standard InChI is InChI=1S/C22H19F3N4O.Na.H/c1-21(9-10-21)19-12-17(29(2)28-19)20-26-15-8-7-13(11-16(15)27-20)14-5-3-4-6-18(14)30-22(23,24)25;;/h3-7,11-12H,8-10H2,1-2H3;;/q;+1;-1. The van der Waals surface area contributed by atoms with Crippen LogP contribution in [-0.2, 0) is 12.5 Å². The molecular weight excluding hydrogens is 416 g/mol. The van der Waals surface area contributed by atoms with E-state index in [1.807, 2.05) is 19.2 Å². The predicted octanol–water partition coefficient (Wildman–Crippen LogP) is 2.06. The van der Waals surface area contributed by atoms with E-state index >= 15 is 0 Å². The van der Waals surface area contributed by atoms with Gasteiger partial charge in [-0.3, -0.25) is 4.68 Å². The summed E-state index contributed by atoms with van der Waals surface area (Å²) in [6.07, 6.45) is 1.59. The van der Waals surface area contributed by atoms with Crippen LogP contribution >= 0.6 is 0 Å². The Kier molecular flexibility index (Phi) is 5.52. The summed E-state index contributed by atoms with van der Waals surface area (Å²) >= 11 is 0. The number of benzene rings is 1. The normalized spacial score (nSPS) is 18.9. The molecule has 1 fully saturated rings. The van der Waals surface area contributed by atoms with Gasteiger partial charge in [0.05, 0.1) is 17.1 Å². The molecule has 1 aliphatic heterocycles. The molecule has 5 nitrogen and oxygen atoms in total. The van der Waals surface area contributed by atoms with Gasteiger partial charge in [0.2, 0.25) is 0 Å². The van der Waals surface area contributed by atoms with Gasteiger partial charge < -0.3 is 6.16 Å². The van der Waals surface area contributed by atoms with Crippen molar-refractivity contribution >= 4 is 17.1 Å². The molecule has 0 spiro atoms. The predicted molar refractivity (Wildman–Crippen MR) is 109 cm³/mol. The van der Waals surface area contributed by atoms with E-state index in [1.54, 1.807) is 22.9 Å². The average Bonchev–Trinajstić information content (AvgIpc) is 3.11. The fourth-order valence-corrected chi connectivity index (χ4v) is 3.70. The number of fused-ring (bicyclic) bond motifs is 1. The number of aryl methyl sites for hydroxylation is 1. The zero-order valence-electron chi connectivity index (χ0n) is 18.5. The summed E-state index contributed by atoms with van der Waals surface area (Å²) in [5.41, 5.74) is 4.48. The fourth-order valence-electron chi connectivity index (χ4n) is 3.70. The van der Waals surface area contributed by atoms with Crippen molar-refractivity contribution in [1.29, 1.82) is 0 Å². The minimum Gasteiger partial charge on any atom is -1.00 e. The monoisotopic (exact) mass is 436 g/mol. The molecule has 0 N–H and O–H groups in total. The maximum absolute atomic E-state index is 12.8. The van der Waals surface area contributed by atoms with Gasteiger partial charge in [-0.2, -0.15) is 5.10 Å². The van der Waals surface area contributed by atoms with Gasteiger partial charge in [-0.15, -0.1) is 13.2 Å². The number of para-hydroxylation sites is 1. The SMILES string of the molecule is Cn1nc(C2(C)CC2)cc1C1=NC2=CC(c3ccccc3OC(F)(F)F)=CCC2=N1.[H-].[Na+]. The Morgan fingerprint density at radius 3 is 2.61 bits per heavy atom. The molecule has 2 aliphatic carbocycles. The molecule has 31 heavy (non-hydrogen) atoms. The van der Waals surface area contributed by atoms with E-state index in [-0.39, 0.29) is 42.1 Å². The van der Waals surface area contributed by atoms with Gasteiger partial charge in [0.15, 0.2) is 5.84 Å². The number of alkyl halides is 3. The maximum atomic E-state index is 12.8. The van der Waals surface area contributed by atoms with Gasteiger partial charge in [0, 0.05) is 24.4 Å². The van der Waals surface area contributed by atoms with Gasteiger partial charge in [0.25, 0.3) is 0 Å². The van der Waals surface area contributed by atoms with E-state index in [0.717, 1.165) is 29.9 Å². The molecule has 2 heterocycles. The number of aliphatic imine (C=N–C) groups is 2. The Morgan fingerprint density at radius 1 is 1.16 bits per heavy atom. The quantitative estimate of drug-likeness (QED) is 0.690. The molecule has 1 aromatic carbocycles. The Morgan fingerprint density at radius 2 is 1.90 bits per heavy atom. The first-order valence-electron chi connectivity index (χ1n) is 9.70. The minimum atomic E-state index is -4.75. The molecule has 0 unspecified atom stereocenters. The van der Waals surface area contributed by atoms with Crippen LogP contribution < -0.4 is 34.3 Å². The van der Waals surface area contributed by atoms with E-state index in [4.69, 9.17) is 0 Å².